The number of ether oxygens (including phenoxy) is 1. The molecule has 2 aromatic carbocycles. The molecule has 0 aliphatic carbocycles. The summed E-state index contributed by atoms with van der Waals surface area (Å²) in [6.45, 7) is 2.51. The number of amides is 1. The highest BCUT2D eigenvalue weighted by Crippen LogP contribution is 2.26. The molecule has 9 heteroatoms. The molecule has 0 saturated carbocycles. The van der Waals surface area contributed by atoms with E-state index in [2.05, 4.69) is 5.32 Å². The normalized spacial score (nSPS) is 13.9. The van der Waals surface area contributed by atoms with Crippen LogP contribution in [0.5, 0.6) is 0 Å². The molecule has 1 amide bonds. The van der Waals surface area contributed by atoms with Crippen molar-refractivity contribution in [2.45, 2.75) is 6.42 Å². The van der Waals surface area contributed by atoms with Crippen LogP contribution in [0, 0.1) is 11.6 Å². The Balaban J connectivity index is 1.71. The van der Waals surface area contributed by atoms with Crippen LogP contribution in [0.3, 0.4) is 0 Å². The monoisotopic (exact) mass is 457 g/mol. The summed E-state index contributed by atoms with van der Waals surface area (Å²) in [6, 6.07) is 8.56. The van der Waals surface area contributed by atoms with Gasteiger partial charge in [-0.25, -0.2) is 8.78 Å². The lowest BCUT2D eigenvalue weighted by molar-refractivity contribution is 0.0827. The first-order chi connectivity index (χ1) is 15.8. The molecular formula is C24H25F2N3O4. The van der Waals surface area contributed by atoms with Crippen LogP contribution in [0.4, 0.5) is 20.4 Å². The molecule has 3 aromatic rings. The summed E-state index contributed by atoms with van der Waals surface area (Å²) < 4.78 is 39.0. The smallest absolute Gasteiger partial charge is 0.253 e. The number of fused-ring (bicyclic) bond motifs is 1. The van der Waals surface area contributed by atoms with Gasteiger partial charge in [-0.2, -0.15) is 0 Å². The van der Waals surface area contributed by atoms with Gasteiger partial charge in [0.1, 0.15) is 5.58 Å². The van der Waals surface area contributed by atoms with Crippen LogP contribution in [0.2, 0.25) is 0 Å². The van der Waals surface area contributed by atoms with Gasteiger partial charge in [-0.3, -0.25) is 9.59 Å². The van der Waals surface area contributed by atoms with E-state index in [9.17, 15) is 18.4 Å². The van der Waals surface area contributed by atoms with E-state index in [4.69, 9.17) is 9.15 Å². The number of halogens is 2. The molecule has 0 radical (unpaired) electrons. The fourth-order valence-corrected chi connectivity index (χ4v) is 3.80. The summed E-state index contributed by atoms with van der Waals surface area (Å²) in [5.41, 5.74) is 1.13. The topological polar surface area (TPSA) is 75.0 Å². The quantitative estimate of drug-likeness (QED) is 0.613. The van der Waals surface area contributed by atoms with Crippen molar-refractivity contribution in [3.63, 3.8) is 0 Å². The van der Waals surface area contributed by atoms with Crippen LogP contribution < -0.4 is 15.6 Å². The van der Waals surface area contributed by atoms with Crippen LogP contribution >= 0.6 is 0 Å². The van der Waals surface area contributed by atoms with E-state index in [1.165, 1.54) is 29.2 Å². The van der Waals surface area contributed by atoms with Gasteiger partial charge in [-0.15, -0.1) is 0 Å². The molecule has 0 unspecified atom stereocenters. The Kier molecular flexibility index (Phi) is 6.60. The van der Waals surface area contributed by atoms with E-state index in [1.54, 1.807) is 20.2 Å². The minimum Gasteiger partial charge on any atom is -0.440 e. The third-order valence-electron chi connectivity index (χ3n) is 5.53. The predicted octanol–water partition coefficient (Wildman–Crippen LogP) is 3.26. The van der Waals surface area contributed by atoms with Crippen molar-refractivity contribution in [3.05, 3.63) is 69.4 Å². The SMILES string of the molecule is CN(C)C(=O)c1cc(CCNc2cccc(F)c2F)c2oc(N3CCOCC3)cc(=O)c2c1. The molecule has 2 heterocycles. The Morgan fingerprint density at radius 1 is 1.15 bits per heavy atom. The fraction of sp³-hybridized carbons (Fsp3) is 0.333. The maximum atomic E-state index is 14.0. The maximum Gasteiger partial charge on any atom is 0.253 e. The average Bonchev–Trinajstić information content (AvgIpc) is 2.81. The summed E-state index contributed by atoms with van der Waals surface area (Å²) >= 11 is 0. The minimum atomic E-state index is -0.958. The Bertz CT molecular complexity index is 1240. The highest BCUT2D eigenvalue weighted by Gasteiger charge is 2.19. The van der Waals surface area contributed by atoms with E-state index in [1.807, 2.05) is 4.90 Å². The zero-order chi connectivity index (χ0) is 23.5. The summed E-state index contributed by atoms with van der Waals surface area (Å²) in [6.07, 6.45) is 0.316. The zero-order valence-corrected chi connectivity index (χ0v) is 18.5. The van der Waals surface area contributed by atoms with Crippen molar-refractivity contribution in [3.8, 4) is 0 Å². The second-order valence-corrected chi connectivity index (χ2v) is 8.04. The Labute approximate surface area is 189 Å². The summed E-state index contributed by atoms with van der Waals surface area (Å²) in [5, 5.41) is 3.17. The van der Waals surface area contributed by atoms with Crippen molar-refractivity contribution in [1.82, 2.24) is 4.90 Å². The Morgan fingerprint density at radius 3 is 2.64 bits per heavy atom. The van der Waals surface area contributed by atoms with Gasteiger partial charge in [0.15, 0.2) is 22.9 Å². The molecule has 1 aromatic heterocycles. The van der Waals surface area contributed by atoms with Gasteiger partial charge in [0.05, 0.1) is 24.3 Å². The van der Waals surface area contributed by atoms with E-state index in [0.29, 0.717) is 60.7 Å². The lowest BCUT2D eigenvalue weighted by atomic mass is 10.0. The Morgan fingerprint density at radius 2 is 1.91 bits per heavy atom. The molecule has 33 heavy (non-hydrogen) atoms. The number of carbonyl (C=O) groups is 1. The molecule has 1 saturated heterocycles. The van der Waals surface area contributed by atoms with Crippen LogP contribution in [0.15, 0.2) is 45.6 Å². The number of benzene rings is 2. The number of hydrogen-bond donors (Lipinski definition) is 1. The second-order valence-electron chi connectivity index (χ2n) is 8.04. The van der Waals surface area contributed by atoms with Crippen molar-refractivity contribution in [1.29, 1.82) is 0 Å². The van der Waals surface area contributed by atoms with Gasteiger partial charge in [0.2, 0.25) is 0 Å². The number of anilines is 2. The molecule has 7 nitrogen and oxygen atoms in total. The molecule has 0 spiro atoms. The standard InChI is InChI=1S/C24H25F2N3O4/c1-28(2)24(31)16-12-15(6-7-27-19-5-3-4-18(25)22(19)26)23-17(13-16)20(30)14-21(33-23)29-8-10-32-11-9-29/h3-5,12-14,27H,6-11H2,1-2H3. The second kappa shape index (κ2) is 9.58. The van der Waals surface area contributed by atoms with Crippen molar-refractivity contribution in [2.24, 2.45) is 0 Å². The number of nitrogens with zero attached hydrogens (tertiary/aromatic N) is 2. The van der Waals surface area contributed by atoms with Gasteiger partial charge in [0.25, 0.3) is 5.91 Å². The Hall–Kier alpha value is -3.46. The molecule has 1 aliphatic heterocycles. The van der Waals surface area contributed by atoms with Crippen LogP contribution in [0.1, 0.15) is 15.9 Å². The fourth-order valence-electron chi connectivity index (χ4n) is 3.80. The third-order valence-corrected chi connectivity index (χ3v) is 5.53. The molecule has 174 valence electrons. The maximum absolute atomic E-state index is 14.0. The summed E-state index contributed by atoms with van der Waals surface area (Å²) in [5.74, 6) is -1.71. The molecule has 1 fully saturated rings. The molecule has 0 bridgehead atoms. The van der Waals surface area contributed by atoms with Gasteiger partial charge in [-0.05, 0) is 36.2 Å². The van der Waals surface area contributed by atoms with E-state index >= 15 is 0 Å². The molecule has 4 rings (SSSR count). The first-order valence-corrected chi connectivity index (χ1v) is 10.7. The average molecular weight is 457 g/mol. The van der Waals surface area contributed by atoms with Gasteiger partial charge in [-0.1, -0.05) is 6.07 Å². The molecule has 0 atom stereocenters. The minimum absolute atomic E-state index is 0.0373. The van der Waals surface area contributed by atoms with E-state index in [0.717, 1.165) is 6.07 Å². The van der Waals surface area contributed by atoms with Crippen LogP contribution in [-0.2, 0) is 11.2 Å². The van der Waals surface area contributed by atoms with E-state index in [-0.39, 0.29) is 23.6 Å². The van der Waals surface area contributed by atoms with Crippen molar-refractivity contribution < 1.29 is 22.7 Å². The molecule has 1 aliphatic rings. The first-order valence-electron chi connectivity index (χ1n) is 10.7. The third kappa shape index (κ3) is 4.83. The summed E-state index contributed by atoms with van der Waals surface area (Å²) in [4.78, 5) is 28.9. The highest BCUT2D eigenvalue weighted by atomic mass is 19.2. The van der Waals surface area contributed by atoms with Crippen LogP contribution in [0.25, 0.3) is 11.0 Å². The van der Waals surface area contributed by atoms with Crippen molar-refractivity contribution >= 4 is 28.4 Å². The number of carbonyl (C=O) groups excluding carboxylic acids is 1. The molecule has 1 N–H and O–H groups in total. The summed E-state index contributed by atoms with van der Waals surface area (Å²) in [7, 11) is 3.26. The van der Waals surface area contributed by atoms with Gasteiger partial charge >= 0.3 is 0 Å². The number of morpholine rings is 1. The lowest BCUT2D eigenvalue weighted by Gasteiger charge is -2.27. The molecular weight excluding hydrogens is 432 g/mol. The van der Waals surface area contributed by atoms with Crippen LogP contribution in [-0.4, -0.2) is 57.8 Å². The van der Waals surface area contributed by atoms with Gasteiger partial charge < -0.3 is 24.3 Å². The van der Waals surface area contributed by atoms with Crippen molar-refractivity contribution in [2.75, 3.05) is 57.2 Å². The predicted molar refractivity (Wildman–Crippen MR) is 122 cm³/mol. The highest BCUT2D eigenvalue weighted by molar-refractivity contribution is 5.98. The number of rotatable bonds is 6. The van der Waals surface area contributed by atoms with E-state index < -0.39 is 11.6 Å². The number of hydrogen-bond acceptors (Lipinski definition) is 6. The zero-order valence-electron chi connectivity index (χ0n) is 18.5. The largest absolute Gasteiger partial charge is 0.440 e. The number of nitrogens with one attached hydrogen (secondary N) is 1. The first kappa shape index (κ1) is 22.7. The van der Waals surface area contributed by atoms with Gasteiger partial charge in [0, 0.05) is 45.4 Å². The lowest BCUT2D eigenvalue weighted by Crippen LogP contribution is -2.36.